The second kappa shape index (κ2) is 9.89. The van der Waals surface area contributed by atoms with Crippen LogP contribution in [0, 0.1) is 0 Å². The molecule has 7 nitrogen and oxygen atoms in total. The summed E-state index contributed by atoms with van der Waals surface area (Å²) in [5, 5.41) is 0. The average Bonchev–Trinajstić information content (AvgIpc) is 3.23. The highest BCUT2D eigenvalue weighted by molar-refractivity contribution is 5.94. The van der Waals surface area contributed by atoms with Gasteiger partial charge in [0.15, 0.2) is 5.69 Å². The second-order valence-corrected chi connectivity index (χ2v) is 9.71. The normalized spacial score (nSPS) is 22.1. The summed E-state index contributed by atoms with van der Waals surface area (Å²) in [5.41, 5.74) is 2.49. The number of carbonyl (C=O) groups is 1. The van der Waals surface area contributed by atoms with Crippen molar-refractivity contribution < 1.29 is 9.53 Å². The summed E-state index contributed by atoms with van der Waals surface area (Å²) in [6, 6.07) is 7.21. The van der Waals surface area contributed by atoms with Gasteiger partial charge in [-0.05, 0) is 44.9 Å². The number of hydrogen-bond donors (Lipinski definition) is 0. The number of hydrogen-bond acceptors (Lipinski definition) is 5. The molecular weight excluding hydrogens is 402 g/mol. The zero-order chi connectivity index (χ0) is 21.9. The van der Waals surface area contributed by atoms with Crippen LogP contribution in [0.4, 0.5) is 0 Å². The molecule has 1 aliphatic carbocycles. The minimum absolute atomic E-state index is 0.0902. The lowest BCUT2D eigenvalue weighted by Crippen LogP contribution is -2.52. The molecule has 0 unspecified atom stereocenters. The van der Waals surface area contributed by atoms with Gasteiger partial charge in [-0.2, -0.15) is 0 Å². The van der Waals surface area contributed by atoms with E-state index in [9.17, 15) is 4.79 Å². The zero-order valence-corrected chi connectivity index (χ0v) is 19.4. The van der Waals surface area contributed by atoms with E-state index >= 15 is 0 Å². The van der Waals surface area contributed by atoms with Gasteiger partial charge in [0.1, 0.15) is 5.65 Å². The molecule has 0 bridgehead atoms. The number of nitrogens with zero attached hydrogens (tertiary/aromatic N) is 5. The molecule has 2 saturated heterocycles. The fourth-order valence-electron chi connectivity index (χ4n) is 5.75. The van der Waals surface area contributed by atoms with E-state index in [1.165, 1.54) is 32.1 Å². The molecule has 4 heterocycles. The van der Waals surface area contributed by atoms with E-state index in [2.05, 4.69) is 21.2 Å². The van der Waals surface area contributed by atoms with Gasteiger partial charge in [0.25, 0.3) is 5.91 Å². The second-order valence-electron chi connectivity index (χ2n) is 9.71. The molecule has 0 aromatic carbocycles. The van der Waals surface area contributed by atoms with Gasteiger partial charge in [0, 0.05) is 64.2 Å². The van der Waals surface area contributed by atoms with Crippen molar-refractivity contribution in [3.8, 4) is 0 Å². The largest absolute Gasteiger partial charge is 0.381 e. The molecular formula is C25H37N5O2. The molecule has 1 saturated carbocycles. The Hall–Kier alpha value is -1.96. The van der Waals surface area contributed by atoms with E-state index < -0.39 is 0 Å². The van der Waals surface area contributed by atoms with Crippen molar-refractivity contribution in [2.45, 2.75) is 63.6 Å². The summed E-state index contributed by atoms with van der Waals surface area (Å²) in [6.45, 7) is 5.94. The first-order chi connectivity index (χ1) is 15.7. The Labute approximate surface area is 191 Å². The van der Waals surface area contributed by atoms with Crippen molar-refractivity contribution in [1.82, 2.24) is 24.1 Å². The fourth-order valence-corrected chi connectivity index (χ4v) is 5.75. The van der Waals surface area contributed by atoms with Gasteiger partial charge in [-0.3, -0.25) is 14.6 Å². The predicted octanol–water partition coefficient (Wildman–Crippen LogP) is 3.04. The molecule has 32 heavy (non-hydrogen) atoms. The maximum Gasteiger partial charge on any atom is 0.274 e. The Balaban J connectivity index is 1.32. The SMILES string of the molecule is CN(Cc1c(C(=O)N2CCN(C3CCCCC3)CC2)nc2ccccn12)C1CCOCC1. The smallest absolute Gasteiger partial charge is 0.274 e. The lowest BCUT2D eigenvalue weighted by atomic mass is 9.94. The molecule has 5 rings (SSSR count). The monoisotopic (exact) mass is 439 g/mol. The number of ether oxygens (including phenoxy) is 1. The summed E-state index contributed by atoms with van der Waals surface area (Å²) in [6.07, 6.45) is 10.9. The molecule has 2 aromatic rings. The van der Waals surface area contributed by atoms with E-state index in [1.807, 2.05) is 29.3 Å². The van der Waals surface area contributed by atoms with Crippen LogP contribution in [0.2, 0.25) is 0 Å². The Morgan fingerprint density at radius 3 is 2.56 bits per heavy atom. The predicted molar refractivity (Wildman–Crippen MR) is 125 cm³/mol. The Morgan fingerprint density at radius 2 is 1.81 bits per heavy atom. The van der Waals surface area contributed by atoms with Crippen molar-refractivity contribution in [2.24, 2.45) is 0 Å². The van der Waals surface area contributed by atoms with Gasteiger partial charge in [-0.1, -0.05) is 25.3 Å². The van der Waals surface area contributed by atoms with Crippen LogP contribution in [0.1, 0.15) is 61.1 Å². The number of fused-ring (bicyclic) bond motifs is 1. The maximum absolute atomic E-state index is 13.6. The molecule has 174 valence electrons. The van der Waals surface area contributed by atoms with Crippen LogP contribution in [-0.4, -0.2) is 88.5 Å². The minimum atomic E-state index is 0.0902. The molecule has 3 aliphatic rings. The Morgan fingerprint density at radius 1 is 1.06 bits per heavy atom. The van der Waals surface area contributed by atoms with Crippen molar-refractivity contribution >= 4 is 11.6 Å². The van der Waals surface area contributed by atoms with E-state index in [4.69, 9.17) is 9.72 Å². The molecule has 0 N–H and O–H groups in total. The number of rotatable bonds is 5. The Kier molecular flexibility index (Phi) is 6.76. The summed E-state index contributed by atoms with van der Waals surface area (Å²) < 4.78 is 7.64. The summed E-state index contributed by atoms with van der Waals surface area (Å²) in [5.74, 6) is 0.0902. The average molecular weight is 440 g/mol. The number of pyridine rings is 1. The van der Waals surface area contributed by atoms with Crippen molar-refractivity contribution in [3.63, 3.8) is 0 Å². The molecule has 7 heteroatoms. The molecule has 2 aromatic heterocycles. The summed E-state index contributed by atoms with van der Waals surface area (Å²) in [4.78, 5) is 25.4. The standard InChI is InChI=1S/C25H37N5O2/c1-27(20-10-17-32-18-11-20)19-22-24(26-23-9-5-6-12-30(22)23)25(31)29-15-13-28(14-16-29)21-7-3-2-4-8-21/h5-6,9,12,20-21H,2-4,7-8,10-11,13-19H2,1H3. The molecule has 2 aliphatic heterocycles. The molecule has 1 amide bonds. The van der Waals surface area contributed by atoms with Gasteiger partial charge in [0.2, 0.25) is 0 Å². The van der Waals surface area contributed by atoms with Gasteiger partial charge in [-0.15, -0.1) is 0 Å². The molecule has 0 spiro atoms. The van der Waals surface area contributed by atoms with E-state index in [0.29, 0.717) is 11.7 Å². The first kappa shape index (κ1) is 21.9. The Bertz CT molecular complexity index is 908. The third-order valence-corrected chi connectivity index (χ3v) is 7.74. The number of carbonyl (C=O) groups excluding carboxylic acids is 1. The van der Waals surface area contributed by atoms with Crippen molar-refractivity contribution in [2.75, 3.05) is 46.4 Å². The fraction of sp³-hybridized carbons (Fsp3) is 0.680. The summed E-state index contributed by atoms with van der Waals surface area (Å²) >= 11 is 0. The highest BCUT2D eigenvalue weighted by Crippen LogP contribution is 2.25. The lowest BCUT2D eigenvalue weighted by Gasteiger charge is -2.40. The van der Waals surface area contributed by atoms with Crippen LogP contribution in [-0.2, 0) is 11.3 Å². The first-order valence-electron chi connectivity index (χ1n) is 12.5. The maximum atomic E-state index is 13.6. The highest BCUT2D eigenvalue weighted by Gasteiger charge is 2.31. The van der Waals surface area contributed by atoms with Crippen molar-refractivity contribution in [3.05, 3.63) is 35.8 Å². The van der Waals surface area contributed by atoms with Crippen LogP contribution >= 0.6 is 0 Å². The topological polar surface area (TPSA) is 53.3 Å². The number of piperazine rings is 1. The first-order valence-corrected chi connectivity index (χ1v) is 12.5. The quantitative estimate of drug-likeness (QED) is 0.717. The van der Waals surface area contributed by atoms with Crippen LogP contribution in [0.25, 0.3) is 5.65 Å². The third-order valence-electron chi connectivity index (χ3n) is 7.74. The third kappa shape index (κ3) is 4.56. The van der Waals surface area contributed by atoms with Crippen LogP contribution in [0.3, 0.4) is 0 Å². The van der Waals surface area contributed by atoms with E-state index in [0.717, 1.165) is 76.2 Å². The highest BCUT2D eigenvalue weighted by atomic mass is 16.5. The van der Waals surface area contributed by atoms with Crippen molar-refractivity contribution in [1.29, 1.82) is 0 Å². The van der Waals surface area contributed by atoms with Gasteiger partial charge in [-0.25, -0.2) is 4.98 Å². The number of imidazole rings is 1. The summed E-state index contributed by atoms with van der Waals surface area (Å²) in [7, 11) is 2.16. The number of aromatic nitrogens is 2. The van der Waals surface area contributed by atoms with E-state index in [1.54, 1.807) is 0 Å². The van der Waals surface area contributed by atoms with Gasteiger partial charge < -0.3 is 14.0 Å². The lowest BCUT2D eigenvalue weighted by molar-refractivity contribution is 0.0396. The van der Waals surface area contributed by atoms with Crippen LogP contribution in [0.5, 0.6) is 0 Å². The van der Waals surface area contributed by atoms with Gasteiger partial charge >= 0.3 is 0 Å². The molecule has 0 radical (unpaired) electrons. The molecule has 3 fully saturated rings. The van der Waals surface area contributed by atoms with E-state index in [-0.39, 0.29) is 5.91 Å². The minimum Gasteiger partial charge on any atom is -0.381 e. The zero-order valence-electron chi connectivity index (χ0n) is 19.4. The van der Waals surface area contributed by atoms with Crippen LogP contribution in [0.15, 0.2) is 24.4 Å². The number of amides is 1. The molecule has 0 atom stereocenters. The van der Waals surface area contributed by atoms with Crippen LogP contribution < -0.4 is 0 Å². The van der Waals surface area contributed by atoms with Gasteiger partial charge in [0.05, 0.1) is 5.69 Å².